The second-order valence-corrected chi connectivity index (χ2v) is 2.94. The van der Waals surface area contributed by atoms with E-state index in [1.807, 2.05) is 14.1 Å². The van der Waals surface area contributed by atoms with Crippen molar-refractivity contribution in [2.75, 3.05) is 24.7 Å². The van der Waals surface area contributed by atoms with Crippen molar-refractivity contribution in [3.8, 4) is 0 Å². The molecule has 5 nitrogen and oxygen atoms in total. The van der Waals surface area contributed by atoms with Gasteiger partial charge in [0.05, 0.1) is 0 Å². The zero-order valence-corrected chi connectivity index (χ0v) is 8.21. The van der Waals surface area contributed by atoms with Crippen LogP contribution in [0.15, 0.2) is 4.99 Å². The average Bonchev–Trinajstić information content (AvgIpc) is 2.02. The third kappa shape index (κ3) is 1.86. The van der Waals surface area contributed by atoms with Crippen LogP contribution in [0.1, 0.15) is 0 Å². The Morgan fingerprint density at radius 3 is 2.54 bits per heavy atom. The lowest BCUT2D eigenvalue weighted by Gasteiger charge is -2.14. The van der Waals surface area contributed by atoms with Crippen LogP contribution >= 0.6 is 11.6 Å². The van der Waals surface area contributed by atoms with E-state index in [0.717, 1.165) is 0 Å². The topological polar surface area (TPSA) is 67.4 Å². The number of rotatable bonds is 2. The maximum absolute atomic E-state index is 5.63. The molecule has 1 aromatic rings. The highest BCUT2D eigenvalue weighted by Gasteiger charge is 2.11. The fourth-order valence-electron chi connectivity index (χ4n) is 0.896. The Morgan fingerprint density at radius 2 is 2.08 bits per heavy atom. The quantitative estimate of drug-likeness (QED) is 0.573. The first kappa shape index (κ1) is 9.73. The molecule has 1 heterocycles. The van der Waals surface area contributed by atoms with Gasteiger partial charge in [-0.15, -0.1) is 0 Å². The van der Waals surface area contributed by atoms with Gasteiger partial charge >= 0.3 is 0 Å². The molecule has 0 amide bonds. The molecule has 0 aliphatic rings. The van der Waals surface area contributed by atoms with Crippen molar-refractivity contribution in [3.63, 3.8) is 0 Å². The molecule has 0 spiro atoms. The fraction of sp³-hybridized carbons (Fsp3) is 0.286. The van der Waals surface area contributed by atoms with E-state index < -0.39 is 0 Å². The van der Waals surface area contributed by atoms with Gasteiger partial charge in [0.25, 0.3) is 0 Å². The average molecular weight is 200 g/mol. The number of anilines is 2. The molecule has 0 saturated carbocycles. The standard InChI is InChI=1S/C7H10ClN5/c1-10-4-5(9)11-7(8)12-6(4)13(2)3/h1H2,2-3H3,(H2,9,11,12). The van der Waals surface area contributed by atoms with Gasteiger partial charge in [0.2, 0.25) is 5.28 Å². The summed E-state index contributed by atoms with van der Waals surface area (Å²) in [4.78, 5) is 13.2. The van der Waals surface area contributed by atoms with Crippen LogP contribution < -0.4 is 10.6 Å². The smallest absolute Gasteiger partial charge is 0.226 e. The van der Waals surface area contributed by atoms with Crippen LogP contribution in [0.3, 0.4) is 0 Å². The van der Waals surface area contributed by atoms with Crippen LogP contribution in [0.2, 0.25) is 5.28 Å². The van der Waals surface area contributed by atoms with Crippen LogP contribution in [0.4, 0.5) is 17.3 Å². The predicted molar refractivity (Wildman–Crippen MR) is 55.0 cm³/mol. The minimum atomic E-state index is 0.105. The molecule has 1 aromatic heterocycles. The van der Waals surface area contributed by atoms with Crippen molar-refractivity contribution < 1.29 is 0 Å². The molecule has 0 aliphatic heterocycles. The van der Waals surface area contributed by atoms with Gasteiger partial charge < -0.3 is 10.6 Å². The number of hydrogen-bond acceptors (Lipinski definition) is 5. The van der Waals surface area contributed by atoms with Crippen LogP contribution in [0.5, 0.6) is 0 Å². The molecule has 0 aliphatic carbocycles. The lowest BCUT2D eigenvalue weighted by molar-refractivity contribution is 1.04. The van der Waals surface area contributed by atoms with E-state index >= 15 is 0 Å². The van der Waals surface area contributed by atoms with Gasteiger partial charge in [-0.25, -0.2) is 0 Å². The number of aliphatic imine (C=N–C) groups is 1. The third-order valence-electron chi connectivity index (χ3n) is 1.45. The van der Waals surface area contributed by atoms with E-state index in [0.29, 0.717) is 11.5 Å². The van der Waals surface area contributed by atoms with E-state index in [1.54, 1.807) is 4.90 Å². The van der Waals surface area contributed by atoms with Gasteiger partial charge in [-0.2, -0.15) is 9.97 Å². The third-order valence-corrected chi connectivity index (χ3v) is 1.62. The number of hydrogen-bond donors (Lipinski definition) is 1. The van der Waals surface area contributed by atoms with Gasteiger partial charge in [-0.05, 0) is 18.3 Å². The molecule has 1 rings (SSSR count). The van der Waals surface area contributed by atoms with Crippen molar-refractivity contribution in [2.45, 2.75) is 0 Å². The van der Waals surface area contributed by atoms with E-state index in [4.69, 9.17) is 17.3 Å². The summed E-state index contributed by atoms with van der Waals surface area (Å²) in [6.45, 7) is 3.38. The highest BCUT2D eigenvalue weighted by molar-refractivity contribution is 6.28. The molecular formula is C7H10ClN5. The summed E-state index contributed by atoms with van der Waals surface area (Å²) in [7, 11) is 3.62. The summed E-state index contributed by atoms with van der Waals surface area (Å²) in [5, 5.41) is 0.105. The van der Waals surface area contributed by atoms with Gasteiger partial charge in [0.1, 0.15) is 5.69 Å². The van der Waals surface area contributed by atoms with Crippen molar-refractivity contribution in [2.24, 2.45) is 4.99 Å². The molecule has 0 saturated heterocycles. The van der Waals surface area contributed by atoms with Gasteiger partial charge in [-0.3, -0.25) is 4.99 Å². The van der Waals surface area contributed by atoms with Crippen molar-refractivity contribution in [1.82, 2.24) is 9.97 Å². The molecule has 6 heteroatoms. The normalized spacial score (nSPS) is 9.77. The Hall–Kier alpha value is -1.36. The van der Waals surface area contributed by atoms with Gasteiger partial charge in [-0.1, -0.05) is 0 Å². The lowest BCUT2D eigenvalue weighted by Crippen LogP contribution is -2.12. The van der Waals surface area contributed by atoms with E-state index in [1.165, 1.54) is 0 Å². The molecule has 0 aromatic carbocycles. The molecule has 70 valence electrons. The van der Waals surface area contributed by atoms with Gasteiger partial charge in [0, 0.05) is 14.1 Å². The molecule has 0 unspecified atom stereocenters. The molecule has 2 N–H and O–H groups in total. The Bertz CT molecular complexity index is 336. The summed E-state index contributed by atoms with van der Waals surface area (Å²) >= 11 is 5.63. The highest BCUT2D eigenvalue weighted by atomic mass is 35.5. The zero-order valence-electron chi connectivity index (χ0n) is 7.45. The second kappa shape index (κ2) is 3.57. The predicted octanol–water partition coefficient (Wildman–Crippen LogP) is 1.11. The van der Waals surface area contributed by atoms with E-state index in [9.17, 15) is 0 Å². The number of aromatic nitrogens is 2. The summed E-state index contributed by atoms with van der Waals surface area (Å²) in [5.41, 5.74) is 6.03. The number of halogens is 1. The first-order chi connectivity index (χ1) is 6.06. The SMILES string of the molecule is C=Nc1c(N)nc(Cl)nc1N(C)C. The molecule has 0 radical (unpaired) electrons. The summed E-state index contributed by atoms with van der Waals surface area (Å²) < 4.78 is 0. The van der Waals surface area contributed by atoms with Crippen LogP contribution in [0, 0.1) is 0 Å². The molecule has 0 atom stereocenters. The van der Waals surface area contributed by atoms with E-state index in [-0.39, 0.29) is 11.1 Å². The van der Waals surface area contributed by atoms with E-state index in [2.05, 4.69) is 21.7 Å². The molecule has 13 heavy (non-hydrogen) atoms. The maximum Gasteiger partial charge on any atom is 0.226 e. The fourth-order valence-corrected chi connectivity index (χ4v) is 1.07. The molecule has 0 fully saturated rings. The minimum Gasteiger partial charge on any atom is -0.382 e. The molecule has 0 bridgehead atoms. The Labute approximate surface area is 81.3 Å². The number of nitrogens with zero attached hydrogens (tertiary/aromatic N) is 4. The summed E-state index contributed by atoms with van der Waals surface area (Å²) in [6.07, 6.45) is 0. The van der Waals surface area contributed by atoms with Crippen molar-refractivity contribution >= 4 is 35.6 Å². The Balaban J connectivity index is 3.38. The monoisotopic (exact) mass is 199 g/mol. The van der Waals surface area contributed by atoms with Crippen LogP contribution in [-0.4, -0.2) is 30.8 Å². The van der Waals surface area contributed by atoms with Crippen molar-refractivity contribution in [1.29, 1.82) is 0 Å². The second-order valence-electron chi connectivity index (χ2n) is 2.60. The van der Waals surface area contributed by atoms with Crippen LogP contribution in [0.25, 0.3) is 0 Å². The summed E-state index contributed by atoms with van der Waals surface area (Å²) in [5.74, 6) is 0.797. The van der Waals surface area contributed by atoms with Crippen LogP contribution in [-0.2, 0) is 0 Å². The highest BCUT2D eigenvalue weighted by Crippen LogP contribution is 2.30. The van der Waals surface area contributed by atoms with Gasteiger partial charge in [0.15, 0.2) is 11.6 Å². The lowest BCUT2D eigenvalue weighted by atomic mass is 10.4. The number of nitrogens with two attached hydrogens (primary N) is 1. The maximum atomic E-state index is 5.63. The minimum absolute atomic E-state index is 0.105. The largest absolute Gasteiger partial charge is 0.382 e. The zero-order chi connectivity index (χ0) is 10.0. The first-order valence-electron chi connectivity index (χ1n) is 3.53. The Kier molecular flexibility index (Phi) is 2.67. The number of nitrogen functional groups attached to an aromatic ring is 1. The summed E-state index contributed by atoms with van der Waals surface area (Å²) in [6, 6.07) is 0. The Morgan fingerprint density at radius 1 is 1.46 bits per heavy atom. The first-order valence-corrected chi connectivity index (χ1v) is 3.91. The molecular weight excluding hydrogens is 190 g/mol. The van der Waals surface area contributed by atoms with Crippen molar-refractivity contribution in [3.05, 3.63) is 5.28 Å².